The standard InChI is InChI=1S/C23H32Cl2N2O2S/c1-5-7-8-9-10-11-21(28)29-15-20-26-22(16(3)4)23(27(20)6-2)30-19-13-17(24)12-18(25)14-19/h12-14,16H,5-11,15H2,1-4H3. The minimum absolute atomic E-state index is 0.154. The molecule has 0 N–H and O–H groups in total. The highest BCUT2D eigenvalue weighted by Gasteiger charge is 2.21. The zero-order valence-electron chi connectivity index (χ0n) is 18.3. The van der Waals surface area contributed by atoms with Crippen molar-refractivity contribution in [3.05, 3.63) is 39.8 Å². The quantitative estimate of drug-likeness (QED) is 0.233. The van der Waals surface area contributed by atoms with Gasteiger partial charge in [0.25, 0.3) is 0 Å². The molecule has 0 saturated carbocycles. The number of carbonyl (C=O) groups is 1. The average Bonchev–Trinajstić information content (AvgIpc) is 3.02. The van der Waals surface area contributed by atoms with Gasteiger partial charge in [-0.2, -0.15) is 0 Å². The van der Waals surface area contributed by atoms with Gasteiger partial charge in [-0.25, -0.2) is 4.98 Å². The van der Waals surface area contributed by atoms with E-state index in [2.05, 4.69) is 32.3 Å². The van der Waals surface area contributed by atoms with Crippen LogP contribution < -0.4 is 0 Å². The van der Waals surface area contributed by atoms with Gasteiger partial charge in [-0.1, -0.05) is 81.4 Å². The van der Waals surface area contributed by atoms with Gasteiger partial charge in [0.15, 0.2) is 0 Å². The number of ether oxygens (including phenoxy) is 1. The van der Waals surface area contributed by atoms with E-state index in [1.165, 1.54) is 19.3 Å². The van der Waals surface area contributed by atoms with Crippen LogP contribution in [0.4, 0.5) is 0 Å². The fourth-order valence-corrected chi connectivity index (χ4v) is 5.19. The van der Waals surface area contributed by atoms with E-state index in [1.807, 2.05) is 12.1 Å². The maximum Gasteiger partial charge on any atom is 0.306 e. The molecule has 0 aliphatic carbocycles. The van der Waals surface area contributed by atoms with E-state index in [1.54, 1.807) is 17.8 Å². The van der Waals surface area contributed by atoms with Crippen LogP contribution in [0, 0.1) is 0 Å². The Bertz CT molecular complexity index is 817. The number of benzene rings is 1. The molecule has 2 aromatic rings. The number of hydrogen-bond donors (Lipinski definition) is 0. The number of rotatable bonds is 12. The summed E-state index contributed by atoms with van der Waals surface area (Å²) >= 11 is 13.9. The summed E-state index contributed by atoms with van der Waals surface area (Å²) in [7, 11) is 0. The first-order valence-electron chi connectivity index (χ1n) is 10.7. The molecule has 0 spiro atoms. The van der Waals surface area contributed by atoms with Crippen molar-refractivity contribution in [1.29, 1.82) is 0 Å². The third-order valence-electron chi connectivity index (χ3n) is 4.79. The number of unbranched alkanes of at least 4 members (excludes halogenated alkanes) is 4. The van der Waals surface area contributed by atoms with Crippen LogP contribution in [0.5, 0.6) is 0 Å². The van der Waals surface area contributed by atoms with Crippen LogP contribution in [0.1, 0.15) is 83.7 Å². The Balaban J connectivity index is 2.11. The summed E-state index contributed by atoms with van der Waals surface area (Å²) in [6, 6.07) is 5.52. The van der Waals surface area contributed by atoms with Crippen molar-refractivity contribution in [3.8, 4) is 0 Å². The van der Waals surface area contributed by atoms with Gasteiger partial charge in [-0.3, -0.25) is 4.79 Å². The molecule has 30 heavy (non-hydrogen) atoms. The molecule has 0 bridgehead atoms. The summed E-state index contributed by atoms with van der Waals surface area (Å²) in [6.07, 6.45) is 6.03. The lowest BCUT2D eigenvalue weighted by Crippen LogP contribution is -2.09. The maximum absolute atomic E-state index is 12.1. The van der Waals surface area contributed by atoms with Gasteiger partial charge in [0.1, 0.15) is 17.5 Å². The summed E-state index contributed by atoms with van der Waals surface area (Å²) in [5.74, 6) is 0.859. The minimum Gasteiger partial charge on any atom is -0.458 e. The Morgan fingerprint density at radius 2 is 1.77 bits per heavy atom. The molecule has 1 aromatic heterocycles. The van der Waals surface area contributed by atoms with Crippen molar-refractivity contribution < 1.29 is 9.53 Å². The molecule has 166 valence electrons. The Hall–Kier alpha value is -1.17. The summed E-state index contributed by atoms with van der Waals surface area (Å²) in [5, 5.41) is 2.25. The smallest absolute Gasteiger partial charge is 0.306 e. The number of hydrogen-bond acceptors (Lipinski definition) is 4. The highest BCUT2D eigenvalue weighted by atomic mass is 35.5. The normalized spacial score (nSPS) is 11.3. The molecule has 2 rings (SSSR count). The topological polar surface area (TPSA) is 44.1 Å². The van der Waals surface area contributed by atoms with Crippen LogP contribution in [0.2, 0.25) is 10.0 Å². The Morgan fingerprint density at radius 3 is 2.37 bits per heavy atom. The molecule has 0 aliphatic heterocycles. The predicted molar refractivity (Wildman–Crippen MR) is 126 cm³/mol. The van der Waals surface area contributed by atoms with E-state index in [-0.39, 0.29) is 18.5 Å². The molecule has 0 unspecified atom stereocenters. The van der Waals surface area contributed by atoms with Crippen LogP contribution in [0.15, 0.2) is 28.1 Å². The predicted octanol–water partition coefficient (Wildman–Crippen LogP) is 7.89. The van der Waals surface area contributed by atoms with Crippen LogP contribution in [-0.2, 0) is 22.7 Å². The lowest BCUT2D eigenvalue weighted by Gasteiger charge is -2.12. The van der Waals surface area contributed by atoms with Crippen LogP contribution in [-0.4, -0.2) is 15.5 Å². The van der Waals surface area contributed by atoms with Gasteiger partial charge < -0.3 is 9.30 Å². The number of halogens is 2. The van der Waals surface area contributed by atoms with Crippen molar-refractivity contribution in [3.63, 3.8) is 0 Å². The number of carbonyl (C=O) groups excluding carboxylic acids is 1. The molecular formula is C23H32Cl2N2O2S. The molecule has 0 radical (unpaired) electrons. The second kappa shape index (κ2) is 12.6. The molecule has 4 nitrogen and oxygen atoms in total. The zero-order valence-corrected chi connectivity index (χ0v) is 20.7. The Kier molecular flexibility index (Phi) is 10.6. The van der Waals surface area contributed by atoms with E-state index < -0.39 is 0 Å². The van der Waals surface area contributed by atoms with Crippen LogP contribution >= 0.6 is 35.0 Å². The Morgan fingerprint density at radius 1 is 1.10 bits per heavy atom. The lowest BCUT2D eigenvalue weighted by atomic mass is 10.1. The second-order valence-corrected chi connectivity index (χ2v) is 9.58. The first-order valence-corrected chi connectivity index (χ1v) is 12.3. The first-order chi connectivity index (χ1) is 14.3. The Labute approximate surface area is 194 Å². The third-order valence-corrected chi connectivity index (χ3v) is 6.32. The van der Waals surface area contributed by atoms with Gasteiger partial charge in [0, 0.05) is 27.9 Å². The number of aromatic nitrogens is 2. The number of imidazole rings is 1. The average molecular weight is 471 g/mol. The summed E-state index contributed by atoms with van der Waals surface area (Å²) in [4.78, 5) is 17.9. The fourth-order valence-electron chi connectivity index (χ4n) is 3.21. The van der Waals surface area contributed by atoms with Crippen molar-refractivity contribution in [2.45, 2.75) is 95.2 Å². The second-order valence-electron chi connectivity index (χ2n) is 7.65. The lowest BCUT2D eigenvalue weighted by molar-refractivity contribution is -0.145. The van der Waals surface area contributed by atoms with Gasteiger partial charge in [-0.05, 0) is 37.5 Å². The number of nitrogens with zero attached hydrogens (tertiary/aromatic N) is 2. The van der Waals surface area contributed by atoms with Crippen LogP contribution in [0.3, 0.4) is 0 Å². The third kappa shape index (κ3) is 7.51. The molecular weight excluding hydrogens is 439 g/mol. The van der Waals surface area contributed by atoms with E-state index in [9.17, 15) is 4.79 Å². The zero-order chi connectivity index (χ0) is 22.1. The van der Waals surface area contributed by atoms with Gasteiger partial charge in [0.2, 0.25) is 0 Å². The minimum atomic E-state index is -0.154. The van der Waals surface area contributed by atoms with Gasteiger partial charge >= 0.3 is 5.97 Å². The van der Waals surface area contributed by atoms with Crippen molar-refractivity contribution in [2.75, 3.05) is 0 Å². The summed E-state index contributed by atoms with van der Waals surface area (Å²) < 4.78 is 7.65. The highest BCUT2D eigenvalue weighted by Crippen LogP contribution is 2.37. The highest BCUT2D eigenvalue weighted by molar-refractivity contribution is 7.99. The van der Waals surface area contributed by atoms with Gasteiger partial charge in [-0.15, -0.1) is 0 Å². The van der Waals surface area contributed by atoms with E-state index >= 15 is 0 Å². The van der Waals surface area contributed by atoms with Crippen molar-refractivity contribution >= 4 is 40.9 Å². The molecule has 0 saturated heterocycles. The van der Waals surface area contributed by atoms with E-state index in [4.69, 9.17) is 32.9 Å². The fraction of sp³-hybridized carbons (Fsp3) is 0.565. The molecule has 0 atom stereocenters. The molecule has 0 amide bonds. The van der Waals surface area contributed by atoms with Crippen molar-refractivity contribution in [1.82, 2.24) is 9.55 Å². The molecule has 1 aromatic carbocycles. The van der Waals surface area contributed by atoms with Crippen LogP contribution in [0.25, 0.3) is 0 Å². The van der Waals surface area contributed by atoms with E-state index in [0.717, 1.165) is 40.8 Å². The molecule has 1 heterocycles. The summed E-state index contributed by atoms with van der Waals surface area (Å²) in [6.45, 7) is 9.41. The SMILES string of the molecule is CCCCCCCC(=O)OCc1nc(C(C)C)c(Sc2cc(Cl)cc(Cl)c2)n1CC. The van der Waals surface area contributed by atoms with E-state index in [0.29, 0.717) is 16.5 Å². The molecule has 0 fully saturated rings. The largest absolute Gasteiger partial charge is 0.458 e. The maximum atomic E-state index is 12.1. The molecule has 7 heteroatoms. The van der Waals surface area contributed by atoms with Crippen molar-refractivity contribution in [2.24, 2.45) is 0 Å². The summed E-state index contributed by atoms with van der Waals surface area (Å²) in [5.41, 5.74) is 0.989. The monoisotopic (exact) mass is 470 g/mol. The van der Waals surface area contributed by atoms with Gasteiger partial charge in [0.05, 0.1) is 5.69 Å². The number of esters is 1. The first kappa shape index (κ1) is 25.1. The molecule has 0 aliphatic rings.